The third kappa shape index (κ3) is 3.66. The highest BCUT2D eigenvalue weighted by atomic mass is 19.1. The van der Waals surface area contributed by atoms with Gasteiger partial charge in [-0.25, -0.2) is 4.39 Å². The molecule has 0 fully saturated rings. The first-order valence-electron chi connectivity index (χ1n) is 6.00. The van der Waals surface area contributed by atoms with Crippen molar-refractivity contribution < 1.29 is 14.2 Å². The normalized spacial score (nSPS) is 12.5. The van der Waals surface area contributed by atoms with E-state index in [0.29, 0.717) is 25.3 Å². The number of ether oxygens (including phenoxy) is 1. The smallest absolute Gasteiger partial charge is 0.130 e. The van der Waals surface area contributed by atoms with E-state index < -0.39 is 6.04 Å². The quantitative estimate of drug-likeness (QED) is 0.772. The van der Waals surface area contributed by atoms with Crippen LogP contribution in [-0.4, -0.2) is 38.5 Å². The summed E-state index contributed by atoms with van der Waals surface area (Å²) in [7, 11) is 1.61. The molecule has 1 aromatic rings. The zero-order valence-electron chi connectivity index (χ0n) is 10.9. The van der Waals surface area contributed by atoms with Crippen molar-refractivity contribution in [3.05, 3.63) is 29.6 Å². The number of anilines is 1. The Kier molecular flexibility index (Phi) is 6.04. The van der Waals surface area contributed by atoms with Crippen LogP contribution in [0.5, 0.6) is 0 Å². The summed E-state index contributed by atoms with van der Waals surface area (Å²) in [6.07, 6.45) is 0. The average Bonchev–Trinajstić information content (AvgIpc) is 2.33. The second-order valence-corrected chi connectivity index (χ2v) is 4.16. The molecule has 3 N–H and O–H groups in total. The fourth-order valence-electron chi connectivity index (χ4n) is 1.93. The van der Waals surface area contributed by atoms with Crippen LogP contribution < -0.4 is 10.6 Å². The Bertz CT molecular complexity index is 372. The Labute approximate surface area is 107 Å². The van der Waals surface area contributed by atoms with Crippen molar-refractivity contribution in [3.8, 4) is 0 Å². The maximum Gasteiger partial charge on any atom is 0.130 e. The maximum absolute atomic E-state index is 13.8. The molecule has 0 spiro atoms. The molecule has 0 heterocycles. The van der Waals surface area contributed by atoms with Gasteiger partial charge in [0.1, 0.15) is 5.82 Å². The van der Waals surface area contributed by atoms with Crippen LogP contribution in [0.4, 0.5) is 10.1 Å². The molecule has 0 unspecified atom stereocenters. The number of hydrogen-bond donors (Lipinski definition) is 2. The van der Waals surface area contributed by atoms with Gasteiger partial charge in [-0.3, -0.25) is 0 Å². The average molecular weight is 256 g/mol. The number of rotatable bonds is 7. The lowest BCUT2D eigenvalue weighted by Gasteiger charge is -2.27. The second-order valence-electron chi connectivity index (χ2n) is 4.16. The molecule has 0 saturated carbocycles. The molecule has 0 aliphatic rings. The number of aliphatic hydroxyl groups excluding tert-OH is 1. The number of halogens is 1. The van der Waals surface area contributed by atoms with Crippen molar-refractivity contribution in [2.24, 2.45) is 5.73 Å². The van der Waals surface area contributed by atoms with Crippen molar-refractivity contribution in [2.45, 2.75) is 13.0 Å². The van der Waals surface area contributed by atoms with Crippen molar-refractivity contribution in [1.29, 1.82) is 0 Å². The van der Waals surface area contributed by atoms with Crippen LogP contribution in [0.3, 0.4) is 0 Å². The van der Waals surface area contributed by atoms with Crippen LogP contribution in [0.15, 0.2) is 18.2 Å². The first-order chi connectivity index (χ1) is 8.61. The Morgan fingerprint density at radius 1 is 1.44 bits per heavy atom. The zero-order valence-corrected chi connectivity index (χ0v) is 10.9. The van der Waals surface area contributed by atoms with Gasteiger partial charge >= 0.3 is 0 Å². The van der Waals surface area contributed by atoms with Crippen molar-refractivity contribution in [2.75, 3.05) is 38.3 Å². The van der Waals surface area contributed by atoms with Gasteiger partial charge in [-0.2, -0.15) is 0 Å². The van der Waals surface area contributed by atoms with Crippen LogP contribution in [0, 0.1) is 5.82 Å². The lowest BCUT2D eigenvalue weighted by Crippen LogP contribution is -2.32. The molecule has 18 heavy (non-hydrogen) atoms. The standard InChI is InChI=1S/C13H21FN2O2/c1-10(15)13-11(14)4-3-5-12(13)16(6-8-17)7-9-18-2/h3-5,10,17H,6-9,15H2,1-2H3/t10-/m1/s1. The molecule has 0 radical (unpaired) electrons. The minimum Gasteiger partial charge on any atom is -0.395 e. The molecule has 0 aliphatic carbocycles. The molecule has 4 nitrogen and oxygen atoms in total. The van der Waals surface area contributed by atoms with Gasteiger partial charge in [-0.1, -0.05) is 6.07 Å². The molecule has 0 bridgehead atoms. The van der Waals surface area contributed by atoms with E-state index in [1.807, 2.05) is 11.0 Å². The summed E-state index contributed by atoms with van der Waals surface area (Å²) in [5.41, 5.74) is 7.01. The van der Waals surface area contributed by atoms with Gasteiger partial charge in [0, 0.05) is 37.5 Å². The SMILES string of the molecule is COCCN(CCO)c1cccc(F)c1[C@@H](C)N. The van der Waals surface area contributed by atoms with Crippen LogP contribution >= 0.6 is 0 Å². The molecule has 102 valence electrons. The number of hydrogen-bond acceptors (Lipinski definition) is 4. The Hall–Kier alpha value is -1.17. The third-order valence-electron chi connectivity index (χ3n) is 2.76. The topological polar surface area (TPSA) is 58.7 Å². The largest absolute Gasteiger partial charge is 0.395 e. The van der Waals surface area contributed by atoms with Crippen LogP contribution in [0.25, 0.3) is 0 Å². The summed E-state index contributed by atoms with van der Waals surface area (Å²) in [6, 6.07) is 4.46. The lowest BCUT2D eigenvalue weighted by atomic mass is 10.0. The number of aliphatic hydroxyl groups is 1. The van der Waals surface area contributed by atoms with Gasteiger partial charge in [0.25, 0.3) is 0 Å². The molecule has 1 atom stereocenters. The van der Waals surface area contributed by atoms with Gasteiger partial charge in [0.05, 0.1) is 13.2 Å². The number of methoxy groups -OCH3 is 1. The van der Waals surface area contributed by atoms with E-state index in [1.165, 1.54) is 6.07 Å². The fourth-order valence-corrected chi connectivity index (χ4v) is 1.93. The van der Waals surface area contributed by atoms with Crippen molar-refractivity contribution in [1.82, 2.24) is 0 Å². The predicted molar refractivity (Wildman–Crippen MR) is 70.2 cm³/mol. The number of nitrogens with two attached hydrogens (primary N) is 1. The molecule has 0 aromatic heterocycles. The van der Waals surface area contributed by atoms with E-state index in [1.54, 1.807) is 20.1 Å². The molecular formula is C13H21FN2O2. The maximum atomic E-state index is 13.8. The first kappa shape index (κ1) is 14.9. The molecule has 0 saturated heterocycles. The fraction of sp³-hybridized carbons (Fsp3) is 0.538. The minimum absolute atomic E-state index is 0.00137. The first-order valence-corrected chi connectivity index (χ1v) is 6.00. The van der Waals surface area contributed by atoms with Gasteiger partial charge in [0.15, 0.2) is 0 Å². The lowest BCUT2D eigenvalue weighted by molar-refractivity contribution is 0.203. The number of nitrogens with zero attached hydrogens (tertiary/aromatic N) is 1. The summed E-state index contributed by atoms with van der Waals surface area (Å²) in [5, 5.41) is 9.09. The summed E-state index contributed by atoms with van der Waals surface area (Å²) >= 11 is 0. The van der Waals surface area contributed by atoms with E-state index in [2.05, 4.69) is 0 Å². The molecular weight excluding hydrogens is 235 g/mol. The Morgan fingerprint density at radius 3 is 2.72 bits per heavy atom. The van der Waals surface area contributed by atoms with Crippen LogP contribution in [0.2, 0.25) is 0 Å². The molecule has 5 heteroatoms. The monoisotopic (exact) mass is 256 g/mol. The Balaban J connectivity index is 3.06. The van der Waals surface area contributed by atoms with E-state index in [0.717, 1.165) is 5.69 Å². The van der Waals surface area contributed by atoms with Crippen LogP contribution in [0.1, 0.15) is 18.5 Å². The van der Waals surface area contributed by atoms with E-state index >= 15 is 0 Å². The van der Waals surface area contributed by atoms with Gasteiger partial charge in [-0.15, -0.1) is 0 Å². The zero-order chi connectivity index (χ0) is 13.5. The molecule has 1 aromatic carbocycles. The molecule has 1 rings (SSSR count). The second kappa shape index (κ2) is 7.31. The summed E-state index contributed by atoms with van der Waals surface area (Å²) in [6.45, 7) is 3.26. The van der Waals surface area contributed by atoms with Crippen molar-refractivity contribution in [3.63, 3.8) is 0 Å². The highest BCUT2D eigenvalue weighted by Crippen LogP contribution is 2.27. The van der Waals surface area contributed by atoms with Gasteiger partial charge in [-0.05, 0) is 19.1 Å². The summed E-state index contributed by atoms with van der Waals surface area (Å²) in [5.74, 6) is -0.317. The molecule has 0 aliphatic heterocycles. The summed E-state index contributed by atoms with van der Waals surface area (Å²) in [4.78, 5) is 1.88. The number of benzene rings is 1. The predicted octanol–water partition coefficient (Wildman–Crippen LogP) is 1.29. The summed E-state index contributed by atoms with van der Waals surface area (Å²) < 4.78 is 18.8. The van der Waals surface area contributed by atoms with Gasteiger partial charge in [0.2, 0.25) is 0 Å². The van der Waals surface area contributed by atoms with E-state index in [9.17, 15) is 4.39 Å². The third-order valence-corrected chi connectivity index (χ3v) is 2.76. The highest BCUT2D eigenvalue weighted by molar-refractivity contribution is 5.55. The highest BCUT2D eigenvalue weighted by Gasteiger charge is 2.17. The van der Waals surface area contributed by atoms with E-state index in [-0.39, 0.29) is 12.4 Å². The Morgan fingerprint density at radius 2 is 2.17 bits per heavy atom. The van der Waals surface area contributed by atoms with E-state index in [4.69, 9.17) is 15.6 Å². The molecule has 0 amide bonds. The minimum atomic E-state index is -0.398. The van der Waals surface area contributed by atoms with Crippen molar-refractivity contribution >= 4 is 5.69 Å². The van der Waals surface area contributed by atoms with Gasteiger partial charge < -0.3 is 20.5 Å². The van der Waals surface area contributed by atoms with Crippen LogP contribution in [-0.2, 0) is 4.74 Å².